The maximum absolute atomic E-state index is 10.2. The molecule has 0 aromatic rings. The zero-order valence-corrected chi connectivity index (χ0v) is 4.96. The topological polar surface area (TPSA) is 29.3 Å². The van der Waals surface area contributed by atoms with Crippen LogP contribution in [0.15, 0.2) is 11.9 Å². The van der Waals surface area contributed by atoms with Crippen molar-refractivity contribution in [3.63, 3.8) is 0 Å². The Morgan fingerprint density at radius 1 is 1.62 bits per heavy atom. The largest absolute Gasteiger partial charge is 0.619 e. The minimum atomic E-state index is 0.787. The van der Waals surface area contributed by atoms with Crippen LogP contribution in [0, 0.1) is 5.21 Å². The quantitative estimate of drug-likeness (QED) is 0.352. The van der Waals surface area contributed by atoms with Gasteiger partial charge in [-0.2, -0.15) is 4.74 Å². The van der Waals surface area contributed by atoms with Gasteiger partial charge >= 0.3 is 0 Å². The summed E-state index contributed by atoms with van der Waals surface area (Å²) in [6.07, 6.45) is 3.06. The maximum atomic E-state index is 10.2. The first kappa shape index (κ1) is 5.15. The molecule has 0 saturated carbocycles. The van der Waals surface area contributed by atoms with Crippen molar-refractivity contribution in [3.8, 4) is 0 Å². The molecule has 0 amide bonds. The molecule has 44 valence electrons. The number of hydroxylamine groups is 1. The molecule has 0 spiro atoms. The van der Waals surface area contributed by atoms with Gasteiger partial charge in [-0.05, 0) is 0 Å². The molecule has 0 aromatic carbocycles. The van der Waals surface area contributed by atoms with E-state index in [1.165, 1.54) is 12.4 Å². The number of rotatable bonds is 1. The van der Waals surface area contributed by atoms with E-state index >= 15 is 0 Å². The Kier molecular flexibility index (Phi) is 0.970. The zero-order chi connectivity index (χ0) is 6.15. The standard InChI is InChI=1S/C5H8N2O/c1-6(2)5-3-7(8)4-5/h3-4H,1-2H3. The van der Waals surface area contributed by atoms with E-state index in [0.29, 0.717) is 0 Å². The average molecular weight is 112 g/mol. The van der Waals surface area contributed by atoms with Crippen LogP contribution >= 0.6 is 0 Å². The summed E-state index contributed by atoms with van der Waals surface area (Å²) in [4.78, 5) is 1.88. The molecule has 1 heterocycles. The lowest BCUT2D eigenvalue weighted by Crippen LogP contribution is -2.22. The van der Waals surface area contributed by atoms with E-state index in [2.05, 4.69) is 0 Å². The van der Waals surface area contributed by atoms with Gasteiger partial charge in [-0.25, -0.2) is 0 Å². The van der Waals surface area contributed by atoms with Gasteiger partial charge in [0.2, 0.25) is 12.4 Å². The lowest BCUT2D eigenvalue weighted by atomic mass is 10.4. The minimum Gasteiger partial charge on any atom is -0.619 e. The Balaban J connectivity index is 2.46. The summed E-state index contributed by atoms with van der Waals surface area (Å²) in [6, 6.07) is 0. The van der Waals surface area contributed by atoms with Crippen molar-refractivity contribution >= 4 is 6.21 Å². The molecule has 1 aliphatic rings. The van der Waals surface area contributed by atoms with Crippen LogP contribution in [0.2, 0.25) is 0 Å². The minimum absolute atomic E-state index is 0.787. The Hall–Kier alpha value is -0.990. The Bertz CT molecular complexity index is 158. The second-order valence-corrected chi connectivity index (χ2v) is 1.94. The van der Waals surface area contributed by atoms with E-state index in [9.17, 15) is 5.21 Å². The molecular weight excluding hydrogens is 104 g/mol. The predicted octanol–water partition coefficient (Wildman–Crippen LogP) is -0.0159. The van der Waals surface area contributed by atoms with E-state index in [-0.39, 0.29) is 0 Å². The summed E-state index contributed by atoms with van der Waals surface area (Å²) in [5, 5.41) is 10.2. The highest BCUT2D eigenvalue weighted by Gasteiger charge is 2.11. The van der Waals surface area contributed by atoms with E-state index in [1.54, 1.807) is 0 Å². The molecule has 0 unspecified atom stereocenters. The molecule has 0 aliphatic carbocycles. The fourth-order valence-electron chi connectivity index (χ4n) is 0.480. The molecule has 0 N–H and O–H groups in total. The highest BCUT2D eigenvalue weighted by atomic mass is 16.5. The second-order valence-electron chi connectivity index (χ2n) is 1.94. The Labute approximate surface area is 48.1 Å². The molecule has 0 fully saturated rings. The van der Waals surface area contributed by atoms with Crippen LogP contribution in [0.3, 0.4) is 0 Å². The monoisotopic (exact) mass is 112 g/mol. The van der Waals surface area contributed by atoms with Gasteiger partial charge in [0.05, 0.1) is 0 Å². The van der Waals surface area contributed by atoms with Crippen LogP contribution < -0.4 is 0 Å². The van der Waals surface area contributed by atoms with Gasteiger partial charge in [0.25, 0.3) is 0 Å². The molecule has 0 bridgehead atoms. The van der Waals surface area contributed by atoms with E-state index in [0.717, 1.165) is 10.4 Å². The highest BCUT2D eigenvalue weighted by molar-refractivity contribution is 5.76. The second kappa shape index (κ2) is 1.51. The van der Waals surface area contributed by atoms with Gasteiger partial charge in [0.1, 0.15) is 0 Å². The first-order valence-corrected chi connectivity index (χ1v) is 2.39. The summed E-state index contributed by atoms with van der Waals surface area (Å²) >= 11 is 0. The number of nitrogens with zero attached hydrogens (tertiary/aromatic N) is 2. The lowest BCUT2D eigenvalue weighted by Gasteiger charge is -2.15. The third-order valence-electron chi connectivity index (χ3n) is 1.04. The van der Waals surface area contributed by atoms with E-state index in [4.69, 9.17) is 0 Å². The van der Waals surface area contributed by atoms with Crippen LogP contribution in [0.1, 0.15) is 0 Å². The molecule has 0 aromatic heterocycles. The van der Waals surface area contributed by atoms with Crippen molar-refractivity contribution in [1.82, 2.24) is 4.90 Å². The summed E-state index contributed by atoms with van der Waals surface area (Å²) in [5.41, 5.74) is 0.972. The van der Waals surface area contributed by atoms with Gasteiger partial charge in [-0.1, -0.05) is 0 Å². The first-order valence-electron chi connectivity index (χ1n) is 2.39. The van der Waals surface area contributed by atoms with Gasteiger partial charge in [0.15, 0.2) is 5.70 Å². The highest BCUT2D eigenvalue weighted by Crippen LogP contribution is 2.01. The molecule has 8 heavy (non-hydrogen) atoms. The molecule has 0 atom stereocenters. The number of hydrogen-bond donors (Lipinski definition) is 0. The number of allylic oxidation sites excluding steroid dienone is 1. The molecule has 3 heteroatoms. The smallest absolute Gasteiger partial charge is 0.210 e. The fraction of sp³-hybridized carbons (Fsp3) is 0.400. The summed E-state index contributed by atoms with van der Waals surface area (Å²) in [6.45, 7) is 0. The predicted molar refractivity (Wildman–Crippen MR) is 31.5 cm³/mol. The lowest BCUT2D eigenvalue weighted by molar-refractivity contribution is -0.388. The van der Waals surface area contributed by atoms with Crippen LogP contribution in [0.4, 0.5) is 0 Å². The average Bonchev–Trinajstić information content (AvgIpc) is 1.57. The van der Waals surface area contributed by atoms with E-state index in [1.807, 2.05) is 19.0 Å². The van der Waals surface area contributed by atoms with Crippen LogP contribution in [0.25, 0.3) is 0 Å². The summed E-state index contributed by atoms with van der Waals surface area (Å²) in [7, 11) is 3.80. The SMILES string of the molecule is CN(C)C1=C[N+]([O-])=C1. The van der Waals surface area contributed by atoms with Gasteiger partial charge in [0, 0.05) is 14.1 Å². The first-order chi connectivity index (χ1) is 3.70. The van der Waals surface area contributed by atoms with Gasteiger partial charge in [-0.15, -0.1) is 0 Å². The molecule has 3 nitrogen and oxygen atoms in total. The van der Waals surface area contributed by atoms with Crippen LogP contribution in [-0.2, 0) is 0 Å². The molecule has 1 rings (SSSR count). The molecule has 1 aliphatic heterocycles. The summed E-state index contributed by atoms with van der Waals surface area (Å²) in [5.74, 6) is 0. The molecular formula is C5H8N2O. The van der Waals surface area contributed by atoms with Crippen LogP contribution in [-0.4, -0.2) is 29.9 Å². The number of hydrogen-bond acceptors (Lipinski definition) is 2. The zero-order valence-electron chi connectivity index (χ0n) is 4.96. The normalized spacial score (nSPS) is 16.2. The van der Waals surface area contributed by atoms with E-state index < -0.39 is 0 Å². The molecule has 0 saturated heterocycles. The molecule has 0 radical (unpaired) electrons. The van der Waals surface area contributed by atoms with Gasteiger partial charge in [-0.3, -0.25) is 0 Å². The van der Waals surface area contributed by atoms with Gasteiger partial charge < -0.3 is 10.1 Å². The Morgan fingerprint density at radius 2 is 2.12 bits per heavy atom. The third-order valence-corrected chi connectivity index (χ3v) is 1.04. The summed E-state index contributed by atoms with van der Waals surface area (Å²) < 4.78 is 0.787. The maximum Gasteiger partial charge on any atom is 0.210 e. The van der Waals surface area contributed by atoms with Crippen molar-refractivity contribution in [2.24, 2.45) is 0 Å². The fourth-order valence-corrected chi connectivity index (χ4v) is 0.480. The third kappa shape index (κ3) is 0.665. The van der Waals surface area contributed by atoms with Crippen molar-refractivity contribution in [2.75, 3.05) is 14.1 Å². The van der Waals surface area contributed by atoms with Crippen LogP contribution in [0.5, 0.6) is 0 Å². The van der Waals surface area contributed by atoms with Crippen molar-refractivity contribution in [3.05, 3.63) is 17.1 Å². The van der Waals surface area contributed by atoms with Crippen molar-refractivity contribution < 1.29 is 4.74 Å². The van der Waals surface area contributed by atoms with Crippen molar-refractivity contribution in [1.29, 1.82) is 0 Å². The van der Waals surface area contributed by atoms with Crippen molar-refractivity contribution in [2.45, 2.75) is 0 Å². The Morgan fingerprint density at radius 3 is 2.25 bits per heavy atom.